The Kier molecular flexibility index (Phi) is 5.75. The standard InChI is InChI=1S/C18H26N2O5/c1-13-4-6-19(7-5-13)11-15-2-3-16(25-15)18(23)20-8-9-24-12-14(20)10-17(21)22/h2-3,13-14H,4-12H2,1H3,(H,21,22)/t14-/m1/s1. The van der Waals surface area contributed by atoms with Gasteiger partial charge >= 0.3 is 5.97 Å². The van der Waals surface area contributed by atoms with Gasteiger partial charge in [-0.2, -0.15) is 0 Å². The van der Waals surface area contributed by atoms with Crippen molar-refractivity contribution in [1.29, 1.82) is 0 Å². The molecule has 7 nitrogen and oxygen atoms in total. The summed E-state index contributed by atoms with van der Waals surface area (Å²) in [6.45, 7) is 6.14. The highest BCUT2D eigenvalue weighted by molar-refractivity contribution is 5.92. The van der Waals surface area contributed by atoms with Gasteiger partial charge in [-0.05, 0) is 44.0 Å². The SMILES string of the molecule is CC1CCN(Cc2ccc(C(=O)N3CCOC[C@H]3CC(=O)O)o2)CC1. The second kappa shape index (κ2) is 8.01. The summed E-state index contributed by atoms with van der Waals surface area (Å²) in [6, 6.07) is 3.09. The van der Waals surface area contributed by atoms with Crippen molar-refractivity contribution in [3.05, 3.63) is 23.7 Å². The molecule has 2 saturated heterocycles. The lowest BCUT2D eigenvalue weighted by Gasteiger charge is -2.34. The van der Waals surface area contributed by atoms with Gasteiger partial charge in [-0.15, -0.1) is 0 Å². The van der Waals surface area contributed by atoms with Crippen LogP contribution in [0, 0.1) is 5.92 Å². The molecule has 1 amide bonds. The fourth-order valence-corrected chi connectivity index (χ4v) is 3.45. The predicted octanol–water partition coefficient (Wildman–Crippen LogP) is 1.83. The van der Waals surface area contributed by atoms with Crippen molar-refractivity contribution in [1.82, 2.24) is 9.80 Å². The van der Waals surface area contributed by atoms with E-state index < -0.39 is 12.0 Å². The Bertz CT molecular complexity index is 606. The van der Waals surface area contributed by atoms with Crippen LogP contribution < -0.4 is 0 Å². The molecular weight excluding hydrogens is 324 g/mol. The Morgan fingerprint density at radius 3 is 2.72 bits per heavy atom. The number of morpholine rings is 1. The van der Waals surface area contributed by atoms with Crippen LogP contribution in [0.15, 0.2) is 16.5 Å². The molecular formula is C18H26N2O5. The highest BCUT2D eigenvalue weighted by Crippen LogP contribution is 2.21. The van der Waals surface area contributed by atoms with Crippen LogP contribution in [0.25, 0.3) is 0 Å². The highest BCUT2D eigenvalue weighted by Gasteiger charge is 2.31. The van der Waals surface area contributed by atoms with Gasteiger partial charge in [0.05, 0.1) is 32.2 Å². The van der Waals surface area contributed by atoms with E-state index in [0.717, 1.165) is 24.8 Å². The molecule has 0 unspecified atom stereocenters. The number of likely N-dealkylation sites (tertiary alicyclic amines) is 1. The van der Waals surface area contributed by atoms with Crippen molar-refractivity contribution in [3.8, 4) is 0 Å². The molecule has 1 N–H and O–H groups in total. The lowest BCUT2D eigenvalue weighted by Crippen LogP contribution is -2.49. The number of ether oxygens (including phenoxy) is 1. The normalized spacial score (nSPS) is 22.9. The molecule has 1 atom stereocenters. The van der Waals surface area contributed by atoms with E-state index in [1.807, 2.05) is 6.07 Å². The maximum absolute atomic E-state index is 12.7. The number of aliphatic carboxylic acids is 1. The van der Waals surface area contributed by atoms with Gasteiger partial charge in [-0.3, -0.25) is 14.5 Å². The third-order valence-corrected chi connectivity index (χ3v) is 5.03. The number of carbonyl (C=O) groups excluding carboxylic acids is 1. The summed E-state index contributed by atoms with van der Waals surface area (Å²) >= 11 is 0. The van der Waals surface area contributed by atoms with Crippen LogP contribution in [0.2, 0.25) is 0 Å². The molecule has 1 aromatic rings. The minimum atomic E-state index is -0.937. The van der Waals surface area contributed by atoms with Gasteiger partial charge in [0.15, 0.2) is 5.76 Å². The maximum Gasteiger partial charge on any atom is 0.305 e. The van der Waals surface area contributed by atoms with Crippen molar-refractivity contribution < 1.29 is 23.8 Å². The van der Waals surface area contributed by atoms with E-state index in [1.54, 1.807) is 11.0 Å². The summed E-state index contributed by atoms with van der Waals surface area (Å²) < 4.78 is 11.1. The Hall–Kier alpha value is -1.86. The third kappa shape index (κ3) is 4.61. The molecule has 0 bridgehead atoms. The lowest BCUT2D eigenvalue weighted by atomic mass is 9.99. The van der Waals surface area contributed by atoms with Gasteiger partial charge < -0.3 is 19.2 Å². The van der Waals surface area contributed by atoms with Crippen molar-refractivity contribution in [3.63, 3.8) is 0 Å². The molecule has 2 fully saturated rings. The number of furan rings is 1. The number of carbonyl (C=O) groups is 2. The molecule has 2 aliphatic rings. The van der Waals surface area contributed by atoms with E-state index in [0.29, 0.717) is 19.7 Å². The zero-order valence-electron chi connectivity index (χ0n) is 14.6. The largest absolute Gasteiger partial charge is 0.481 e. The fourth-order valence-electron chi connectivity index (χ4n) is 3.45. The summed E-state index contributed by atoms with van der Waals surface area (Å²) in [5, 5.41) is 9.02. The quantitative estimate of drug-likeness (QED) is 0.872. The van der Waals surface area contributed by atoms with Gasteiger partial charge in [0.2, 0.25) is 0 Å². The molecule has 0 spiro atoms. The van der Waals surface area contributed by atoms with Crippen molar-refractivity contribution in [2.45, 2.75) is 38.8 Å². The summed E-state index contributed by atoms with van der Waals surface area (Å²) in [7, 11) is 0. The molecule has 0 aliphatic carbocycles. The average Bonchev–Trinajstić information content (AvgIpc) is 3.05. The van der Waals surface area contributed by atoms with Crippen LogP contribution in [-0.2, 0) is 16.1 Å². The van der Waals surface area contributed by atoms with Crippen molar-refractivity contribution in [2.24, 2.45) is 5.92 Å². The van der Waals surface area contributed by atoms with Crippen LogP contribution in [0.5, 0.6) is 0 Å². The Morgan fingerprint density at radius 1 is 1.24 bits per heavy atom. The maximum atomic E-state index is 12.7. The predicted molar refractivity (Wildman–Crippen MR) is 90.3 cm³/mol. The highest BCUT2D eigenvalue weighted by atomic mass is 16.5. The summed E-state index contributed by atoms with van der Waals surface area (Å²) in [5.41, 5.74) is 0. The molecule has 0 aromatic carbocycles. The minimum absolute atomic E-state index is 0.120. The van der Waals surface area contributed by atoms with Crippen LogP contribution in [0.3, 0.4) is 0 Å². The number of hydrogen-bond donors (Lipinski definition) is 1. The monoisotopic (exact) mass is 350 g/mol. The van der Waals surface area contributed by atoms with E-state index in [-0.39, 0.29) is 24.7 Å². The molecule has 25 heavy (non-hydrogen) atoms. The number of nitrogens with zero attached hydrogens (tertiary/aromatic N) is 2. The summed E-state index contributed by atoms with van der Waals surface area (Å²) in [6.07, 6.45) is 2.26. The van der Waals surface area contributed by atoms with Crippen LogP contribution in [0.4, 0.5) is 0 Å². The molecule has 0 saturated carbocycles. The smallest absolute Gasteiger partial charge is 0.305 e. The summed E-state index contributed by atoms with van der Waals surface area (Å²) in [4.78, 5) is 27.6. The number of piperidine rings is 1. The van der Waals surface area contributed by atoms with Gasteiger partial charge in [-0.1, -0.05) is 6.92 Å². The van der Waals surface area contributed by atoms with E-state index in [1.165, 1.54) is 12.8 Å². The third-order valence-electron chi connectivity index (χ3n) is 5.03. The lowest BCUT2D eigenvalue weighted by molar-refractivity contribution is -0.139. The Labute approximate surface area is 147 Å². The van der Waals surface area contributed by atoms with Gasteiger partial charge in [0.1, 0.15) is 5.76 Å². The number of amides is 1. The first-order chi connectivity index (χ1) is 12.0. The Morgan fingerprint density at radius 2 is 2.00 bits per heavy atom. The number of hydrogen-bond acceptors (Lipinski definition) is 5. The van der Waals surface area contributed by atoms with E-state index in [4.69, 9.17) is 14.3 Å². The molecule has 138 valence electrons. The van der Waals surface area contributed by atoms with E-state index >= 15 is 0 Å². The van der Waals surface area contributed by atoms with Crippen molar-refractivity contribution >= 4 is 11.9 Å². The average molecular weight is 350 g/mol. The molecule has 0 radical (unpaired) electrons. The first-order valence-corrected chi connectivity index (χ1v) is 8.94. The first-order valence-electron chi connectivity index (χ1n) is 8.94. The second-order valence-electron chi connectivity index (χ2n) is 7.05. The van der Waals surface area contributed by atoms with Gasteiger partial charge in [0.25, 0.3) is 5.91 Å². The van der Waals surface area contributed by atoms with Crippen molar-refractivity contribution in [2.75, 3.05) is 32.8 Å². The van der Waals surface area contributed by atoms with Crippen LogP contribution in [-0.4, -0.2) is 65.7 Å². The fraction of sp³-hybridized carbons (Fsp3) is 0.667. The van der Waals surface area contributed by atoms with Crippen LogP contribution in [0.1, 0.15) is 42.5 Å². The zero-order chi connectivity index (χ0) is 17.8. The van der Waals surface area contributed by atoms with Gasteiger partial charge in [-0.25, -0.2) is 0 Å². The Balaban J connectivity index is 1.62. The van der Waals surface area contributed by atoms with Crippen LogP contribution >= 0.6 is 0 Å². The van der Waals surface area contributed by atoms with E-state index in [2.05, 4.69) is 11.8 Å². The number of rotatable bonds is 5. The number of carboxylic acid groups (broad SMARTS) is 1. The molecule has 3 heterocycles. The number of carboxylic acids is 1. The van der Waals surface area contributed by atoms with E-state index in [9.17, 15) is 9.59 Å². The second-order valence-corrected chi connectivity index (χ2v) is 7.05. The first kappa shape index (κ1) is 17.9. The van der Waals surface area contributed by atoms with Gasteiger partial charge in [0, 0.05) is 6.54 Å². The minimum Gasteiger partial charge on any atom is -0.481 e. The molecule has 7 heteroatoms. The summed E-state index contributed by atoms with van der Waals surface area (Å²) in [5.74, 6) is 0.636. The molecule has 3 rings (SSSR count). The molecule has 2 aliphatic heterocycles. The topological polar surface area (TPSA) is 83.2 Å². The zero-order valence-corrected chi connectivity index (χ0v) is 14.6. The molecule has 1 aromatic heterocycles.